The van der Waals surface area contributed by atoms with Crippen molar-refractivity contribution in [2.24, 2.45) is 5.41 Å². The van der Waals surface area contributed by atoms with Crippen molar-refractivity contribution in [1.29, 1.82) is 0 Å². The van der Waals surface area contributed by atoms with Crippen molar-refractivity contribution in [2.75, 3.05) is 11.9 Å². The molecule has 2 nitrogen and oxygen atoms in total. The van der Waals surface area contributed by atoms with E-state index in [-0.39, 0.29) is 5.41 Å². The average Bonchev–Trinajstić information content (AvgIpc) is 2.18. The van der Waals surface area contributed by atoms with Crippen LogP contribution in [0.1, 0.15) is 36.9 Å². The van der Waals surface area contributed by atoms with Gasteiger partial charge < -0.3 is 9.47 Å². The number of hydrogen-bond acceptors (Lipinski definition) is 2. The first kappa shape index (κ1) is 8.69. The van der Waals surface area contributed by atoms with Crippen LogP contribution in [-0.4, -0.2) is 23.8 Å². The predicted molar refractivity (Wildman–Crippen MR) is 57.1 cm³/mol. The molecule has 0 amide bonds. The third-order valence-electron chi connectivity index (χ3n) is 1.96. The van der Waals surface area contributed by atoms with Crippen molar-refractivity contribution in [3.63, 3.8) is 0 Å². The topological polar surface area (TPSA) is 18.5 Å². The fourth-order valence-corrected chi connectivity index (χ4v) is 1.47. The largest absolute Gasteiger partial charge is 0.348 e. The number of halogens is 1. The highest BCUT2D eigenvalue weighted by molar-refractivity contribution is 9.09. The molecule has 0 bridgehead atoms. The summed E-state index contributed by atoms with van der Waals surface area (Å²) in [6.07, 6.45) is 0.134. The lowest BCUT2D eigenvalue weighted by molar-refractivity contribution is -0.141. The summed E-state index contributed by atoms with van der Waals surface area (Å²) in [5.41, 5.74) is 0.00178. The molecule has 0 radical (unpaired) electrons. The van der Waals surface area contributed by atoms with Crippen molar-refractivity contribution >= 4 is 15.9 Å². The van der Waals surface area contributed by atoms with E-state index >= 15 is 0 Å². The van der Waals surface area contributed by atoms with Crippen molar-refractivity contribution < 1.29 is 12.2 Å². The number of ether oxygens (including phenoxy) is 2. The Hall–Kier alpha value is 0.400. The molecule has 0 N–H and O–H groups in total. The Labute approximate surface area is 91.9 Å². The molecule has 1 fully saturated rings. The molecule has 0 aromatic rings. The summed E-state index contributed by atoms with van der Waals surface area (Å²) in [7, 11) is 0. The minimum atomic E-state index is -1.69. The van der Waals surface area contributed by atoms with Gasteiger partial charge in [-0.15, -0.1) is 0 Å². The van der Waals surface area contributed by atoms with Gasteiger partial charge in [-0.05, 0) is 25.7 Å². The molecule has 13 heavy (non-hydrogen) atoms. The van der Waals surface area contributed by atoms with Gasteiger partial charge in [0.1, 0.15) is 0 Å². The predicted octanol–water partition coefficient (Wildman–Crippen LogP) is 2.95. The van der Waals surface area contributed by atoms with Crippen molar-refractivity contribution in [3.05, 3.63) is 0 Å². The van der Waals surface area contributed by atoms with E-state index in [9.17, 15) is 0 Å². The second kappa shape index (κ2) is 3.87. The van der Waals surface area contributed by atoms with E-state index in [0.29, 0.717) is 6.42 Å². The van der Waals surface area contributed by atoms with Gasteiger partial charge in [-0.25, -0.2) is 0 Å². The quantitative estimate of drug-likeness (QED) is 0.720. The molecule has 0 aromatic heterocycles. The molecule has 1 aliphatic heterocycles. The fourth-order valence-electron chi connectivity index (χ4n) is 1.24. The molecule has 3 heteroatoms. The van der Waals surface area contributed by atoms with Crippen LogP contribution in [0.4, 0.5) is 0 Å². The Morgan fingerprint density at radius 2 is 2.23 bits per heavy atom. The molecule has 1 rings (SSSR count). The molecule has 0 saturated carbocycles. The Balaban J connectivity index is 2.71. The van der Waals surface area contributed by atoms with Crippen LogP contribution >= 0.6 is 15.9 Å². The summed E-state index contributed by atoms with van der Waals surface area (Å²) >= 11 is 3.43. The van der Waals surface area contributed by atoms with Crippen molar-refractivity contribution in [1.82, 2.24) is 0 Å². The Bertz CT molecular complexity index is 242. The van der Waals surface area contributed by atoms with Gasteiger partial charge in [0.15, 0.2) is 5.79 Å². The fraction of sp³-hybridized carbons (Fsp3) is 1.00. The van der Waals surface area contributed by atoms with Gasteiger partial charge in [-0.2, -0.15) is 0 Å². The van der Waals surface area contributed by atoms with E-state index in [0.717, 1.165) is 5.33 Å². The van der Waals surface area contributed by atoms with Crippen molar-refractivity contribution in [2.45, 2.75) is 46.0 Å². The standard InChI is InChI=1S/C10H19BrO2/c1-9(2,7-11)5-8-6-12-10(3,4)13-8/h8H,5-7H2,1-4H3/i6D2. The molecule has 0 spiro atoms. The van der Waals surface area contributed by atoms with E-state index in [1.54, 1.807) is 13.8 Å². The van der Waals surface area contributed by atoms with Crippen LogP contribution < -0.4 is 0 Å². The average molecular weight is 253 g/mol. The normalized spacial score (nSPS) is 34.1. The minimum Gasteiger partial charge on any atom is -0.348 e. The zero-order valence-electron chi connectivity index (χ0n) is 10.7. The van der Waals surface area contributed by atoms with Gasteiger partial charge in [0.25, 0.3) is 0 Å². The molecule has 0 aliphatic carbocycles. The highest BCUT2D eigenvalue weighted by Crippen LogP contribution is 2.32. The zero-order chi connectivity index (χ0) is 11.9. The maximum absolute atomic E-state index is 7.76. The van der Waals surface area contributed by atoms with Crippen LogP contribution in [0.3, 0.4) is 0 Å². The zero-order valence-corrected chi connectivity index (χ0v) is 10.3. The molecular formula is C10H19BrO2. The van der Waals surface area contributed by atoms with Gasteiger partial charge in [-0.1, -0.05) is 29.8 Å². The minimum absolute atomic E-state index is 0.00178. The summed E-state index contributed by atoms with van der Waals surface area (Å²) in [5, 5.41) is 0.816. The van der Waals surface area contributed by atoms with E-state index in [2.05, 4.69) is 29.8 Å². The smallest absolute Gasteiger partial charge is 0.163 e. The molecule has 0 aromatic carbocycles. The molecule has 1 atom stereocenters. The SMILES string of the molecule is [2H]C1([2H])OC(C)(C)OC1CC(C)(C)CBr. The third-order valence-corrected chi connectivity index (χ3v) is 3.48. The lowest BCUT2D eigenvalue weighted by atomic mass is 9.89. The molecule has 1 unspecified atom stereocenters. The monoisotopic (exact) mass is 252 g/mol. The molecule has 1 heterocycles. The maximum atomic E-state index is 7.76. The number of alkyl halides is 1. The summed E-state index contributed by atoms with van der Waals surface area (Å²) in [5.74, 6) is -0.823. The van der Waals surface area contributed by atoms with Crippen LogP contribution in [0.5, 0.6) is 0 Å². The Kier molecular flexibility index (Phi) is 2.59. The summed E-state index contributed by atoms with van der Waals surface area (Å²) in [4.78, 5) is 0. The Morgan fingerprint density at radius 3 is 2.62 bits per heavy atom. The van der Waals surface area contributed by atoms with E-state index in [1.807, 2.05) is 0 Å². The summed E-state index contributed by atoms with van der Waals surface area (Å²) in [6.45, 7) is 5.94. The first-order chi connectivity index (χ1) is 6.58. The third kappa shape index (κ3) is 3.56. The number of hydrogen-bond donors (Lipinski definition) is 0. The van der Waals surface area contributed by atoms with Crippen molar-refractivity contribution in [3.8, 4) is 0 Å². The van der Waals surface area contributed by atoms with Crippen LogP contribution in [-0.2, 0) is 9.47 Å². The van der Waals surface area contributed by atoms with E-state index < -0.39 is 18.5 Å². The van der Waals surface area contributed by atoms with Gasteiger partial charge in [0.2, 0.25) is 0 Å². The summed E-state index contributed by atoms with van der Waals surface area (Å²) < 4.78 is 26.3. The van der Waals surface area contributed by atoms with Gasteiger partial charge in [-0.3, -0.25) is 0 Å². The van der Waals surface area contributed by atoms with Gasteiger partial charge in [0.05, 0.1) is 15.4 Å². The van der Waals surface area contributed by atoms with Gasteiger partial charge >= 0.3 is 0 Å². The molecule has 1 saturated heterocycles. The maximum Gasteiger partial charge on any atom is 0.163 e. The molecule has 1 aliphatic rings. The highest BCUT2D eigenvalue weighted by atomic mass is 79.9. The second-order valence-electron chi connectivity index (χ2n) is 4.73. The first-order valence-electron chi connectivity index (χ1n) is 5.52. The lowest BCUT2D eigenvalue weighted by Gasteiger charge is -2.25. The Morgan fingerprint density at radius 1 is 1.62 bits per heavy atom. The van der Waals surface area contributed by atoms with Crippen LogP contribution in [0.25, 0.3) is 0 Å². The van der Waals surface area contributed by atoms with Crippen LogP contribution in [0, 0.1) is 5.41 Å². The van der Waals surface area contributed by atoms with Gasteiger partial charge in [0, 0.05) is 5.33 Å². The highest BCUT2D eigenvalue weighted by Gasteiger charge is 2.35. The van der Waals surface area contributed by atoms with E-state index in [1.165, 1.54) is 0 Å². The first-order valence-corrected chi connectivity index (χ1v) is 5.64. The molecule has 78 valence electrons. The second-order valence-corrected chi connectivity index (χ2v) is 5.29. The molecular weight excluding hydrogens is 232 g/mol. The number of rotatable bonds is 3. The lowest BCUT2D eigenvalue weighted by Crippen LogP contribution is -2.26. The summed E-state index contributed by atoms with van der Waals surface area (Å²) in [6, 6.07) is 0. The van der Waals surface area contributed by atoms with E-state index in [4.69, 9.17) is 12.2 Å². The van der Waals surface area contributed by atoms with Crippen LogP contribution in [0.15, 0.2) is 0 Å². The van der Waals surface area contributed by atoms with Crippen LogP contribution in [0.2, 0.25) is 0 Å².